The molecule has 3 N–H and O–H groups in total. The molecule has 108 valence electrons. The van der Waals surface area contributed by atoms with E-state index >= 15 is 0 Å². The van der Waals surface area contributed by atoms with E-state index in [0.717, 1.165) is 19.5 Å². The van der Waals surface area contributed by atoms with Gasteiger partial charge in [0.15, 0.2) is 0 Å². The van der Waals surface area contributed by atoms with Crippen LogP contribution in [0.25, 0.3) is 0 Å². The standard InChI is InChI=1S/C5H11NO3S.C5H11NO2/c7-10(8,9)4-5-1-2-6-3-5;1-6(2,3)4-5(7)8/h5-6H,1-4H2,(H,7,8,9);4H2,1-3H3/p+1. The Labute approximate surface area is 108 Å². The van der Waals surface area contributed by atoms with Gasteiger partial charge in [0, 0.05) is 12.3 Å². The molecule has 0 amide bonds. The van der Waals surface area contributed by atoms with Gasteiger partial charge in [-0.1, -0.05) is 0 Å². The molecule has 0 aromatic carbocycles. The average molecular weight is 283 g/mol. The smallest absolute Gasteiger partial charge is 0.265 e. The molecule has 0 aromatic rings. The van der Waals surface area contributed by atoms with Crippen LogP contribution in [0, 0.1) is 5.92 Å². The SMILES string of the molecule is C[N+](C)(C)CC(=O)[O-].O=S(=O)(O)CC1CC[NH2+]C1. The number of carboxylic acid groups (broad SMARTS) is 1. The molecule has 0 radical (unpaired) electrons. The van der Waals surface area contributed by atoms with E-state index in [1.165, 1.54) is 0 Å². The van der Waals surface area contributed by atoms with E-state index in [9.17, 15) is 18.3 Å². The van der Waals surface area contributed by atoms with E-state index in [4.69, 9.17) is 4.55 Å². The Morgan fingerprint density at radius 3 is 2.22 bits per heavy atom. The van der Waals surface area contributed by atoms with Gasteiger partial charge < -0.3 is 19.7 Å². The number of nitrogens with zero attached hydrogens (tertiary/aromatic N) is 1. The van der Waals surface area contributed by atoms with Crippen molar-refractivity contribution in [3.63, 3.8) is 0 Å². The number of nitrogens with two attached hydrogens (primary N) is 1. The fraction of sp³-hybridized carbons (Fsp3) is 0.900. The normalized spacial score (nSPS) is 20.1. The lowest BCUT2D eigenvalue weighted by atomic mass is 10.2. The Balaban J connectivity index is 0.000000331. The number of carbonyl (C=O) groups is 1. The summed E-state index contributed by atoms with van der Waals surface area (Å²) < 4.78 is 29.5. The van der Waals surface area contributed by atoms with Crippen molar-refractivity contribution in [2.24, 2.45) is 5.92 Å². The molecule has 0 aromatic heterocycles. The predicted octanol–water partition coefficient (Wildman–Crippen LogP) is -3.10. The first kappa shape index (κ1) is 17.3. The maximum Gasteiger partial charge on any atom is 0.265 e. The first-order valence-corrected chi connectivity index (χ1v) is 7.37. The summed E-state index contributed by atoms with van der Waals surface area (Å²) in [6.45, 7) is 1.89. The van der Waals surface area contributed by atoms with Crippen LogP contribution in [0.5, 0.6) is 0 Å². The maximum atomic E-state index is 10.3. The summed E-state index contributed by atoms with van der Waals surface area (Å²) in [5.41, 5.74) is 0. The second-order valence-corrected chi connectivity index (χ2v) is 7.03. The third kappa shape index (κ3) is 11.8. The highest BCUT2D eigenvalue weighted by atomic mass is 32.2. The largest absolute Gasteiger partial charge is 0.544 e. The summed E-state index contributed by atoms with van der Waals surface area (Å²) in [7, 11) is 1.68. The topological polar surface area (TPSA) is 111 Å². The average Bonchev–Trinajstić information content (AvgIpc) is 2.48. The molecule has 7 nitrogen and oxygen atoms in total. The van der Waals surface area contributed by atoms with Crippen molar-refractivity contribution in [3.8, 4) is 0 Å². The summed E-state index contributed by atoms with van der Waals surface area (Å²) in [5, 5.41) is 12.0. The summed E-state index contributed by atoms with van der Waals surface area (Å²) in [5.74, 6) is -0.906. The van der Waals surface area contributed by atoms with Crippen LogP contribution < -0.4 is 10.4 Å². The molecule has 1 aliphatic rings. The molecule has 1 aliphatic heterocycles. The minimum Gasteiger partial charge on any atom is -0.544 e. The first-order chi connectivity index (χ1) is 7.99. The number of quaternary nitrogens is 2. The maximum absolute atomic E-state index is 10.3. The number of likely N-dealkylation sites (N-methyl/N-ethyl adjacent to an activating group) is 1. The lowest BCUT2D eigenvalue weighted by Gasteiger charge is -2.23. The third-order valence-corrected chi connectivity index (χ3v) is 3.22. The second kappa shape index (κ2) is 7.03. The van der Waals surface area contributed by atoms with Gasteiger partial charge in [0.05, 0.1) is 46.0 Å². The zero-order chi connectivity index (χ0) is 14.4. The van der Waals surface area contributed by atoms with Crippen LogP contribution in [-0.2, 0) is 14.9 Å². The molecule has 1 fully saturated rings. The summed E-state index contributed by atoms with van der Waals surface area (Å²) in [4.78, 5) is 9.89. The molecule has 1 unspecified atom stereocenters. The highest BCUT2D eigenvalue weighted by Gasteiger charge is 2.23. The molecule has 8 heteroatoms. The number of aliphatic carboxylic acids is 1. The van der Waals surface area contributed by atoms with Crippen LogP contribution in [0.15, 0.2) is 0 Å². The Morgan fingerprint density at radius 2 is 2.00 bits per heavy atom. The molecule has 0 saturated carbocycles. The van der Waals surface area contributed by atoms with Crippen molar-refractivity contribution in [1.82, 2.24) is 0 Å². The van der Waals surface area contributed by atoms with E-state index in [1.54, 1.807) is 21.1 Å². The van der Waals surface area contributed by atoms with E-state index in [2.05, 4.69) is 5.32 Å². The summed E-state index contributed by atoms with van der Waals surface area (Å²) >= 11 is 0. The summed E-state index contributed by atoms with van der Waals surface area (Å²) in [6.07, 6.45) is 0.903. The van der Waals surface area contributed by atoms with Gasteiger partial charge in [-0.15, -0.1) is 0 Å². The van der Waals surface area contributed by atoms with Crippen molar-refractivity contribution in [1.29, 1.82) is 0 Å². The highest BCUT2D eigenvalue weighted by molar-refractivity contribution is 7.85. The van der Waals surface area contributed by atoms with E-state index in [-0.39, 0.29) is 18.2 Å². The van der Waals surface area contributed by atoms with Crippen molar-refractivity contribution in [2.45, 2.75) is 6.42 Å². The van der Waals surface area contributed by atoms with Gasteiger partial charge in [-0.05, 0) is 0 Å². The number of hydrogen-bond acceptors (Lipinski definition) is 4. The van der Waals surface area contributed by atoms with Crippen LogP contribution in [0.1, 0.15) is 6.42 Å². The fourth-order valence-corrected chi connectivity index (χ4v) is 2.56. The van der Waals surface area contributed by atoms with Gasteiger partial charge in [-0.25, -0.2) is 0 Å². The number of hydrogen-bond donors (Lipinski definition) is 2. The molecule has 0 aliphatic carbocycles. The van der Waals surface area contributed by atoms with Crippen LogP contribution in [-0.4, -0.2) is 70.0 Å². The van der Waals surface area contributed by atoms with E-state index in [1.807, 2.05) is 0 Å². The Bertz CT molecular complexity index is 355. The lowest BCUT2D eigenvalue weighted by Crippen LogP contribution is -2.81. The van der Waals surface area contributed by atoms with Gasteiger partial charge in [0.25, 0.3) is 10.1 Å². The molecule has 0 spiro atoms. The van der Waals surface area contributed by atoms with Crippen molar-refractivity contribution in [2.75, 3.05) is 46.5 Å². The van der Waals surface area contributed by atoms with Gasteiger partial charge in [-0.3, -0.25) is 4.55 Å². The predicted molar refractivity (Wildman–Crippen MR) is 64.1 cm³/mol. The van der Waals surface area contributed by atoms with E-state index < -0.39 is 16.1 Å². The molecule has 18 heavy (non-hydrogen) atoms. The Hall–Kier alpha value is -0.700. The van der Waals surface area contributed by atoms with Gasteiger partial charge in [0.1, 0.15) is 6.54 Å². The molecule has 1 atom stereocenters. The number of carbonyl (C=O) groups excluding carboxylic acids is 1. The van der Waals surface area contributed by atoms with Gasteiger partial charge >= 0.3 is 0 Å². The highest BCUT2D eigenvalue weighted by Crippen LogP contribution is 2.04. The fourth-order valence-electron chi connectivity index (χ4n) is 1.66. The van der Waals surface area contributed by atoms with Crippen LogP contribution >= 0.6 is 0 Å². The molecular formula is C10H23N2O5S+. The minimum absolute atomic E-state index is 0.0660. The van der Waals surface area contributed by atoms with Gasteiger partial charge in [0.2, 0.25) is 0 Å². The first-order valence-electron chi connectivity index (χ1n) is 5.77. The Kier molecular flexibility index (Phi) is 6.76. The molecule has 1 rings (SSSR count). The van der Waals surface area contributed by atoms with Crippen LogP contribution in [0.4, 0.5) is 0 Å². The quantitative estimate of drug-likeness (QED) is 0.419. The second-order valence-electron chi connectivity index (χ2n) is 5.54. The monoisotopic (exact) mass is 283 g/mol. The molecule has 1 saturated heterocycles. The van der Waals surface area contributed by atoms with E-state index in [0.29, 0.717) is 4.48 Å². The van der Waals surface area contributed by atoms with Crippen LogP contribution in [0.2, 0.25) is 0 Å². The Morgan fingerprint density at radius 1 is 1.44 bits per heavy atom. The number of carboxylic acids is 1. The molecule has 0 bridgehead atoms. The van der Waals surface area contributed by atoms with Crippen molar-refractivity contribution in [3.05, 3.63) is 0 Å². The van der Waals surface area contributed by atoms with Crippen LogP contribution in [0.3, 0.4) is 0 Å². The third-order valence-electron chi connectivity index (χ3n) is 2.33. The van der Waals surface area contributed by atoms with Crippen molar-refractivity contribution < 1.29 is 32.7 Å². The minimum atomic E-state index is -3.73. The molecular weight excluding hydrogens is 260 g/mol. The zero-order valence-corrected chi connectivity index (χ0v) is 11.9. The van der Waals surface area contributed by atoms with Gasteiger partial charge in [-0.2, -0.15) is 8.42 Å². The lowest BCUT2D eigenvalue weighted by molar-refractivity contribution is -0.864. The van der Waals surface area contributed by atoms with Crippen molar-refractivity contribution >= 4 is 16.1 Å². The molecule has 1 heterocycles. The zero-order valence-electron chi connectivity index (χ0n) is 11.1. The summed E-state index contributed by atoms with van der Waals surface area (Å²) in [6, 6.07) is 0. The number of rotatable bonds is 4.